The van der Waals surface area contributed by atoms with Gasteiger partial charge >= 0.3 is 5.97 Å². The summed E-state index contributed by atoms with van der Waals surface area (Å²) < 4.78 is 15.6. The number of methoxy groups -OCH3 is 1. The Balaban J connectivity index is 1.49. The second kappa shape index (κ2) is 10.2. The number of esters is 1. The van der Waals surface area contributed by atoms with Crippen LogP contribution in [-0.4, -0.2) is 51.9 Å². The topological polar surface area (TPSA) is 78.3 Å². The number of amides is 1. The Morgan fingerprint density at radius 3 is 2.55 bits per heavy atom. The lowest BCUT2D eigenvalue weighted by Gasteiger charge is -2.23. The number of ether oxygens (including phenoxy) is 3. The molecule has 3 rings (SSSR count). The number of rotatable bonds is 7. The summed E-state index contributed by atoms with van der Waals surface area (Å²) in [6, 6.07) is 12.1. The number of benzene rings is 2. The van der Waals surface area contributed by atoms with Crippen LogP contribution in [0.2, 0.25) is 5.02 Å². The molecule has 1 saturated heterocycles. The lowest BCUT2D eigenvalue weighted by molar-refractivity contribution is -0.921. The third-order valence-electron chi connectivity index (χ3n) is 4.61. The standard InChI is InChI=1S/C21H23ClN2O5/c1-27-19-7-6-17(22)12-18(19)23-20(25)14-29-21(26)16-4-2-15(3-5-16)13-24-8-10-28-11-9-24/h2-7,12H,8-11,13-14H2,1H3,(H,23,25)/p+1. The van der Waals surface area contributed by atoms with Crippen LogP contribution in [0.3, 0.4) is 0 Å². The summed E-state index contributed by atoms with van der Waals surface area (Å²) in [5, 5.41) is 3.08. The van der Waals surface area contributed by atoms with Crippen molar-refractivity contribution in [1.82, 2.24) is 0 Å². The summed E-state index contributed by atoms with van der Waals surface area (Å²) in [4.78, 5) is 25.8. The number of carbonyl (C=O) groups is 2. The number of carbonyl (C=O) groups excluding carboxylic acids is 2. The minimum atomic E-state index is -0.552. The quantitative estimate of drug-likeness (QED) is 0.666. The fourth-order valence-electron chi connectivity index (χ4n) is 3.06. The first-order chi connectivity index (χ1) is 14.0. The molecule has 1 heterocycles. The molecule has 0 radical (unpaired) electrons. The maximum Gasteiger partial charge on any atom is 0.338 e. The Kier molecular flexibility index (Phi) is 7.46. The fraction of sp³-hybridized carbons (Fsp3) is 0.333. The molecule has 1 amide bonds. The van der Waals surface area contributed by atoms with E-state index in [1.165, 1.54) is 12.0 Å². The van der Waals surface area contributed by atoms with Crippen LogP contribution in [0.4, 0.5) is 5.69 Å². The lowest BCUT2D eigenvalue weighted by atomic mass is 10.1. The number of halogens is 1. The molecule has 0 atom stereocenters. The van der Waals surface area contributed by atoms with Gasteiger partial charge in [-0.15, -0.1) is 0 Å². The van der Waals surface area contributed by atoms with E-state index < -0.39 is 18.5 Å². The third kappa shape index (κ3) is 6.19. The summed E-state index contributed by atoms with van der Waals surface area (Å²) in [6.07, 6.45) is 0. The lowest BCUT2D eigenvalue weighted by Crippen LogP contribution is -3.12. The second-order valence-electron chi connectivity index (χ2n) is 6.70. The van der Waals surface area contributed by atoms with Crippen LogP contribution >= 0.6 is 11.6 Å². The van der Waals surface area contributed by atoms with Crippen LogP contribution in [-0.2, 0) is 20.8 Å². The van der Waals surface area contributed by atoms with E-state index in [-0.39, 0.29) is 0 Å². The first-order valence-corrected chi connectivity index (χ1v) is 9.73. The highest BCUT2D eigenvalue weighted by Crippen LogP contribution is 2.27. The van der Waals surface area contributed by atoms with Crippen LogP contribution in [0.5, 0.6) is 5.75 Å². The molecule has 0 aliphatic carbocycles. The summed E-state index contributed by atoms with van der Waals surface area (Å²) in [7, 11) is 1.49. The van der Waals surface area contributed by atoms with Gasteiger partial charge in [-0.25, -0.2) is 4.79 Å². The molecule has 2 aromatic carbocycles. The average molecular weight is 420 g/mol. The van der Waals surface area contributed by atoms with Crippen molar-refractivity contribution in [3.63, 3.8) is 0 Å². The minimum Gasteiger partial charge on any atom is -0.495 e. The van der Waals surface area contributed by atoms with Crippen molar-refractivity contribution < 1.29 is 28.7 Å². The molecule has 0 saturated carbocycles. The molecule has 0 aromatic heterocycles. The molecule has 0 spiro atoms. The molecular weight excluding hydrogens is 396 g/mol. The zero-order valence-electron chi connectivity index (χ0n) is 16.2. The van der Waals surface area contributed by atoms with Crippen LogP contribution < -0.4 is 15.0 Å². The zero-order chi connectivity index (χ0) is 20.6. The zero-order valence-corrected chi connectivity index (χ0v) is 17.0. The Bertz CT molecular complexity index is 851. The number of quaternary nitrogens is 1. The van der Waals surface area contributed by atoms with E-state index in [4.69, 9.17) is 25.8 Å². The van der Waals surface area contributed by atoms with Gasteiger partial charge < -0.3 is 24.4 Å². The average Bonchev–Trinajstić information content (AvgIpc) is 2.73. The molecule has 8 heteroatoms. The van der Waals surface area contributed by atoms with Gasteiger partial charge in [-0.3, -0.25) is 4.79 Å². The first-order valence-electron chi connectivity index (χ1n) is 9.36. The van der Waals surface area contributed by atoms with Gasteiger partial charge in [0.05, 0.1) is 31.6 Å². The van der Waals surface area contributed by atoms with Crippen LogP contribution in [0.15, 0.2) is 42.5 Å². The fourth-order valence-corrected chi connectivity index (χ4v) is 3.23. The van der Waals surface area contributed by atoms with Crippen molar-refractivity contribution in [1.29, 1.82) is 0 Å². The van der Waals surface area contributed by atoms with E-state index in [2.05, 4.69) is 5.32 Å². The monoisotopic (exact) mass is 419 g/mol. The first kappa shape index (κ1) is 21.1. The van der Waals surface area contributed by atoms with Gasteiger partial charge in [-0.1, -0.05) is 23.7 Å². The molecular formula is C21H24ClN2O5+. The van der Waals surface area contributed by atoms with Crippen LogP contribution in [0.25, 0.3) is 0 Å². The number of hydrogen-bond acceptors (Lipinski definition) is 5. The van der Waals surface area contributed by atoms with E-state index in [0.29, 0.717) is 22.0 Å². The Hall–Kier alpha value is -2.61. The highest BCUT2D eigenvalue weighted by molar-refractivity contribution is 6.31. The molecule has 154 valence electrons. The molecule has 1 aliphatic rings. The predicted octanol–water partition coefficient (Wildman–Crippen LogP) is 1.56. The van der Waals surface area contributed by atoms with E-state index >= 15 is 0 Å². The number of anilines is 1. The van der Waals surface area contributed by atoms with E-state index in [9.17, 15) is 9.59 Å². The number of nitrogens with one attached hydrogen (secondary N) is 2. The number of hydrogen-bond donors (Lipinski definition) is 2. The summed E-state index contributed by atoms with van der Waals surface area (Å²) in [5.41, 5.74) is 1.96. The van der Waals surface area contributed by atoms with E-state index in [1.807, 2.05) is 12.1 Å². The van der Waals surface area contributed by atoms with Crippen LogP contribution in [0.1, 0.15) is 15.9 Å². The van der Waals surface area contributed by atoms with Gasteiger partial charge in [0.1, 0.15) is 25.4 Å². The molecule has 2 aromatic rings. The highest BCUT2D eigenvalue weighted by atomic mass is 35.5. The van der Waals surface area contributed by atoms with Crippen LogP contribution in [0, 0.1) is 0 Å². The summed E-state index contributed by atoms with van der Waals surface area (Å²) >= 11 is 5.94. The highest BCUT2D eigenvalue weighted by Gasteiger charge is 2.16. The van der Waals surface area contributed by atoms with Crippen molar-refractivity contribution in [3.05, 3.63) is 58.6 Å². The van der Waals surface area contributed by atoms with Crippen molar-refractivity contribution in [2.24, 2.45) is 0 Å². The Morgan fingerprint density at radius 1 is 1.14 bits per heavy atom. The largest absolute Gasteiger partial charge is 0.495 e. The molecule has 7 nitrogen and oxygen atoms in total. The molecule has 2 N–H and O–H groups in total. The maximum absolute atomic E-state index is 12.2. The SMILES string of the molecule is COc1ccc(Cl)cc1NC(=O)COC(=O)c1ccc(C[NH+]2CCOCC2)cc1. The summed E-state index contributed by atoms with van der Waals surface area (Å²) in [5.74, 6) is -0.568. The van der Waals surface area contributed by atoms with Gasteiger partial charge in [0.2, 0.25) is 0 Å². The van der Waals surface area contributed by atoms with E-state index in [1.54, 1.807) is 30.3 Å². The molecule has 0 unspecified atom stereocenters. The molecule has 1 aliphatic heterocycles. The van der Waals surface area contributed by atoms with Gasteiger partial charge in [0, 0.05) is 10.6 Å². The number of morpholine rings is 1. The molecule has 1 fully saturated rings. The normalized spacial score (nSPS) is 14.3. The summed E-state index contributed by atoms with van der Waals surface area (Å²) in [6.45, 7) is 4.01. The minimum absolute atomic E-state index is 0.402. The van der Waals surface area contributed by atoms with Gasteiger partial charge in [-0.05, 0) is 30.3 Å². The maximum atomic E-state index is 12.2. The van der Waals surface area contributed by atoms with Gasteiger partial charge in [0.15, 0.2) is 6.61 Å². The predicted molar refractivity (Wildman–Crippen MR) is 109 cm³/mol. The Morgan fingerprint density at radius 2 is 1.86 bits per heavy atom. The van der Waals surface area contributed by atoms with Crippen molar-refractivity contribution in [2.75, 3.05) is 45.3 Å². The van der Waals surface area contributed by atoms with Gasteiger partial charge in [-0.2, -0.15) is 0 Å². The van der Waals surface area contributed by atoms with E-state index in [0.717, 1.165) is 38.4 Å². The smallest absolute Gasteiger partial charge is 0.338 e. The van der Waals surface area contributed by atoms with Crippen molar-refractivity contribution in [3.8, 4) is 5.75 Å². The Labute approximate surface area is 174 Å². The van der Waals surface area contributed by atoms with Gasteiger partial charge in [0.25, 0.3) is 5.91 Å². The molecule has 0 bridgehead atoms. The third-order valence-corrected chi connectivity index (χ3v) is 4.85. The van der Waals surface area contributed by atoms with Crippen molar-refractivity contribution in [2.45, 2.75) is 6.54 Å². The van der Waals surface area contributed by atoms with Crippen molar-refractivity contribution >= 4 is 29.2 Å². The molecule has 29 heavy (non-hydrogen) atoms. The second-order valence-corrected chi connectivity index (χ2v) is 7.14.